The van der Waals surface area contributed by atoms with E-state index in [2.05, 4.69) is 27.9 Å². The Morgan fingerprint density at radius 2 is 1.71 bits per heavy atom. The molecule has 86 valence electrons. The largest absolute Gasteiger partial charge is 0.478 e. The molecule has 0 heterocycles. The number of benzene rings is 2. The lowest BCUT2D eigenvalue weighted by Crippen LogP contribution is -1.97. The average Bonchev–Trinajstić information content (AvgIpc) is 2.33. The van der Waals surface area contributed by atoms with Crippen molar-refractivity contribution < 1.29 is 9.90 Å². The molecule has 0 spiro atoms. The number of carboxylic acid groups (broad SMARTS) is 1. The molecule has 2 N–H and O–H groups in total. The molecule has 17 heavy (non-hydrogen) atoms. The number of anilines is 2. The van der Waals surface area contributed by atoms with Crippen LogP contribution in [0.25, 0.3) is 0 Å². The lowest BCUT2D eigenvalue weighted by molar-refractivity contribution is 0.0697. The minimum absolute atomic E-state index is 0.290. The molecule has 0 bridgehead atoms. The number of carbonyl (C=O) groups is 1. The first-order valence-corrected chi connectivity index (χ1v) is 6.09. The van der Waals surface area contributed by atoms with Gasteiger partial charge in [-0.05, 0) is 59.0 Å². The van der Waals surface area contributed by atoms with Gasteiger partial charge in [0.05, 0.1) is 11.3 Å². The second-order valence-electron chi connectivity index (χ2n) is 3.49. The number of hydrogen-bond donors (Lipinski definition) is 2. The molecule has 2 aromatic carbocycles. The van der Waals surface area contributed by atoms with E-state index in [4.69, 9.17) is 5.11 Å². The third-order valence-corrected chi connectivity index (χ3v) is 3.23. The highest BCUT2D eigenvalue weighted by Gasteiger charge is 2.02. The van der Waals surface area contributed by atoms with Crippen molar-refractivity contribution in [2.24, 2.45) is 0 Å². The van der Waals surface area contributed by atoms with Gasteiger partial charge in [0.1, 0.15) is 0 Å². The SMILES string of the molecule is O=C(O)c1ccc(Nc2ccccc2I)cc1. The summed E-state index contributed by atoms with van der Waals surface area (Å²) in [5, 5.41) is 12.0. The summed E-state index contributed by atoms with van der Waals surface area (Å²) in [6.07, 6.45) is 0. The van der Waals surface area contributed by atoms with Gasteiger partial charge in [-0.25, -0.2) is 4.79 Å². The van der Waals surface area contributed by atoms with E-state index in [-0.39, 0.29) is 0 Å². The van der Waals surface area contributed by atoms with Gasteiger partial charge in [0.25, 0.3) is 0 Å². The Labute approximate surface area is 113 Å². The van der Waals surface area contributed by atoms with E-state index in [1.807, 2.05) is 24.3 Å². The van der Waals surface area contributed by atoms with Gasteiger partial charge < -0.3 is 10.4 Å². The molecule has 2 aromatic rings. The van der Waals surface area contributed by atoms with E-state index in [0.29, 0.717) is 5.56 Å². The summed E-state index contributed by atoms with van der Waals surface area (Å²) in [5.41, 5.74) is 2.17. The predicted molar refractivity (Wildman–Crippen MR) is 75.8 cm³/mol. The molecule has 0 fully saturated rings. The van der Waals surface area contributed by atoms with Gasteiger partial charge in [-0.15, -0.1) is 0 Å². The summed E-state index contributed by atoms with van der Waals surface area (Å²) < 4.78 is 1.12. The van der Waals surface area contributed by atoms with Crippen LogP contribution in [-0.4, -0.2) is 11.1 Å². The first-order valence-electron chi connectivity index (χ1n) is 5.02. The summed E-state index contributed by atoms with van der Waals surface area (Å²) in [7, 11) is 0. The van der Waals surface area contributed by atoms with Crippen molar-refractivity contribution in [3.8, 4) is 0 Å². The van der Waals surface area contributed by atoms with E-state index >= 15 is 0 Å². The molecule has 0 aromatic heterocycles. The zero-order valence-corrected chi connectivity index (χ0v) is 11.0. The van der Waals surface area contributed by atoms with Crippen LogP contribution < -0.4 is 5.32 Å². The van der Waals surface area contributed by atoms with Crippen LogP contribution in [0.5, 0.6) is 0 Å². The maximum absolute atomic E-state index is 10.7. The topological polar surface area (TPSA) is 49.3 Å². The Balaban J connectivity index is 2.20. The van der Waals surface area contributed by atoms with E-state index in [9.17, 15) is 4.79 Å². The molecule has 0 aliphatic rings. The van der Waals surface area contributed by atoms with Crippen LogP contribution >= 0.6 is 22.6 Å². The molecular formula is C13H10INO2. The summed E-state index contributed by atoms with van der Waals surface area (Å²) in [4.78, 5) is 10.7. The van der Waals surface area contributed by atoms with Gasteiger partial charge >= 0.3 is 5.97 Å². The van der Waals surface area contributed by atoms with Gasteiger partial charge in [0, 0.05) is 9.26 Å². The van der Waals surface area contributed by atoms with Crippen molar-refractivity contribution in [3.63, 3.8) is 0 Å². The number of nitrogens with one attached hydrogen (secondary N) is 1. The van der Waals surface area contributed by atoms with Crippen LogP contribution in [-0.2, 0) is 0 Å². The summed E-state index contributed by atoms with van der Waals surface area (Å²) in [5.74, 6) is -0.911. The maximum atomic E-state index is 10.7. The average molecular weight is 339 g/mol. The molecule has 0 atom stereocenters. The highest BCUT2D eigenvalue weighted by atomic mass is 127. The molecule has 0 radical (unpaired) electrons. The predicted octanol–water partition coefficient (Wildman–Crippen LogP) is 3.73. The fourth-order valence-electron chi connectivity index (χ4n) is 1.41. The van der Waals surface area contributed by atoms with Crippen LogP contribution in [0.1, 0.15) is 10.4 Å². The van der Waals surface area contributed by atoms with Gasteiger partial charge in [-0.3, -0.25) is 0 Å². The number of rotatable bonds is 3. The second-order valence-corrected chi connectivity index (χ2v) is 4.65. The van der Waals surface area contributed by atoms with E-state index in [1.54, 1.807) is 24.3 Å². The van der Waals surface area contributed by atoms with Crippen LogP contribution in [0, 0.1) is 3.57 Å². The van der Waals surface area contributed by atoms with E-state index in [0.717, 1.165) is 14.9 Å². The number of halogens is 1. The van der Waals surface area contributed by atoms with E-state index < -0.39 is 5.97 Å². The van der Waals surface area contributed by atoms with Crippen LogP contribution in [0.15, 0.2) is 48.5 Å². The first kappa shape index (κ1) is 11.9. The maximum Gasteiger partial charge on any atom is 0.335 e. The van der Waals surface area contributed by atoms with Gasteiger partial charge in [0.2, 0.25) is 0 Å². The standard InChI is InChI=1S/C13H10INO2/c14-11-3-1-2-4-12(11)15-10-7-5-9(6-8-10)13(16)17/h1-8,15H,(H,16,17). The molecule has 0 saturated carbocycles. The van der Waals surface area contributed by atoms with Crippen LogP contribution in [0.2, 0.25) is 0 Å². The molecule has 0 saturated heterocycles. The third-order valence-electron chi connectivity index (χ3n) is 2.28. The minimum atomic E-state index is -0.911. The lowest BCUT2D eigenvalue weighted by atomic mass is 10.2. The first-order chi connectivity index (χ1) is 8.16. The summed E-state index contributed by atoms with van der Waals surface area (Å²) in [6, 6.07) is 14.6. The van der Waals surface area contributed by atoms with Crippen molar-refractivity contribution in [1.29, 1.82) is 0 Å². The molecule has 3 nitrogen and oxygen atoms in total. The fraction of sp³-hybridized carbons (Fsp3) is 0. The number of aromatic carboxylic acids is 1. The number of para-hydroxylation sites is 1. The van der Waals surface area contributed by atoms with Crippen LogP contribution in [0.3, 0.4) is 0 Å². The Kier molecular flexibility index (Phi) is 3.63. The summed E-state index contributed by atoms with van der Waals surface area (Å²) in [6.45, 7) is 0. The number of carboxylic acids is 1. The van der Waals surface area contributed by atoms with Crippen LogP contribution in [0.4, 0.5) is 11.4 Å². The van der Waals surface area contributed by atoms with Gasteiger partial charge in [0.15, 0.2) is 0 Å². The minimum Gasteiger partial charge on any atom is -0.478 e. The van der Waals surface area contributed by atoms with Crippen molar-refractivity contribution >= 4 is 39.9 Å². The Bertz CT molecular complexity index is 537. The summed E-state index contributed by atoms with van der Waals surface area (Å²) >= 11 is 2.25. The van der Waals surface area contributed by atoms with Gasteiger partial charge in [-0.2, -0.15) is 0 Å². The molecular weight excluding hydrogens is 329 g/mol. The monoisotopic (exact) mass is 339 g/mol. The second kappa shape index (κ2) is 5.18. The molecule has 2 rings (SSSR count). The van der Waals surface area contributed by atoms with Crippen molar-refractivity contribution in [1.82, 2.24) is 0 Å². The highest BCUT2D eigenvalue weighted by Crippen LogP contribution is 2.22. The molecule has 4 heteroatoms. The Morgan fingerprint density at radius 1 is 1.06 bits per heavy atom. The molecule has 0 amide bonds. The smallest absolute Gasteiger partial charge is 0.335 e. The highest BCUT2D eigenvalue weighted by molar-refractivity contribution is 14.1. The van der Waals surface area contributed by atoms with Crippen molar-refractivity contribution in [2.75, 3.05) is 5.32 Å². The Hall–Kier alpha value is -1.56. The zero-order chi connectivity index (χ0) is 12.3. The number of hydrogen-bond acceptors (Lipinski definition) is 2. The molecule has 0 aliphatic carbocycles. The third kappa shape index (κ3) is 2.97. The van der Waals surface area contributed by atoms with Crippen molar-refractivity contribution in [3.05, 3.63) is 57.7 Å². The fourth-order valence-corrected chi connectivity index (χ4v) is 1.94. The zero-order valence-electron chi connectivity index (χ0n) is 8.85. The Morgan fingerprint density at radius 3 is 2.29 bits per heavy atom. The van der Waals surface area contributed by atoms with Gasteiger partial charge in [-0.1, -0.05) is 12.1 Å². The molecule has 0 unspecified atom stereocenters. The van der Waals surface area contributed by atoms with Crippen molar-refractivity contribution in [2.45, 2.75) is 0 Å². The normalized spacial score (nSPS) is 9.94. The quantitative estimate of drug-likeness (QED) is 0.838. The lowest BCUT2D eigenvalue weighted by Gasteiger charge is -2.08. The molecule has 0 aliphatic heterocycles. The van der Waals surface area contributed by atoms with E-state index in [1.165, 1.54) is 0 Å².